The van der Waals surface area contributed by atoms with Crippen LogP contribution in [0.5, 0.6) is 5.75 Å². The fraction of sp³-hybridized carbons (Fsp3) is 0.250. The van der Waals surface area contributed by atoms with Crippen molar-refractivity contribution >= 4 is 57.3 Å². The molecule has 2 heterocycles. The molecule has 1 N–H and O–H groups in total. The van der Waals surface area contributed by atoms with Gasteiger partial charge in [-0.25, -0.2) is 0 Å². The van der Waals surface area contributed by atoms with Gasteiger partial charge >= 0.3 is 5.91 Å². The average Bonchev–Trinajstić information content (AvgIpc) is 3.54. The number of aromatic nitrogens is 2. The van der Waals surface area contributed by atoms with Gasteiger partial charge < -0.3 is 9.84 Å². The van der Waals surface area contributed by atoms with Gasteiger partial charge in [0.15, 0.2) is 4.34 Å². The van der Waals surface area contributed by atoms with E-state index in [1.54, 1.807) is 12.1 Å². The highest BCUT2D eigenvalue weighted by Crippen LogP contribution is 2.44. The lowest BCUT2D eigenvalue weighted by atomic mass is 9.95. The minimum atomic E-state index is -0.915. The molecular weight excluding hydrogens is 590 g/mol. The zero-order chi connectivity index (χ0) is 29.8. The SMILES string of the molecule is Cc1ccc(C(O)=C2C(=O)C(=O)N(c3nnc(SCc4ccc(Cl)cc4)s3)C2c2cccc(OCCC(C)C)c2)cc1. The Hall–Kier alpha value is -3.66. The van der Waals surface area contributed by atoms with Crippen LogP contribution in [0.1, 0.15) is 48.6 Å². The summed E-state index contributed by atoms with van der Waals surface area (Å²) in [6.07, 6.45) is 0.886. The third-order valence-electron chi connectivity index (χ3n) is 6.78. The molecule has 5 rings (SSSR count). The van der Waals surface area contributed by atoms with Crippen LogP contribution < -0.4 is 9.64 Å². The number of anilines is 1. The van der Waals surface area contributed by atoms with Crippen molar-refractivity contribution in [1.29, 1.82) is 0 Å². The number of aliphatic hydroxyl groups is 1. The topological polar surface area (TPSA) is 92.6 Å². The molecule has 3 aromatic carbocycles. The largest absolute Gasteiger partial charge is 0.507 e. The van der Waals surface area contributed by atoms with Gasteiger partial charge in [0.2, 0.25) is 5.13 Å². The number of benzene rings is 3. The van der Waals surface area contributed by atoms with Gasteiger partial charge in [0.05, 0.1) is 18.2 Å². The quantitative estimate of drug-likeness (QED) is 0.0635. The normalized spacial score (nSPS) is 16.4. The standard InChI is InChI=1S/C32H30ClN3O4S2/c1-19(2)15-16-40-25-6-4-5-23(17-25)27-26(28(37)22-11-7-20(3)8-12-22)29(38)30(39)36(27)31-34-35-32(42-31)41-18-21-9-13-24(33)14-10-21/h4-14,17,19,27,37H,15-16,18H2,1-3H3. The number of carbonyl (C=O) groups excluding carboxylic acids is 2. The Bertz CT molecular complexity index is 1620. The lowest BCUT2D eigenvalue weighted by molar-refractivity contribution is -0.132. The van der Waals surface area contributed by atoms with E-state index >= 15 is 0 Å². The summed E-state index contributed by atoms with van der Waals surface area (Å²) in [5.41, 5.74) is 3.13. The summed E-state index contributed by atoms with van der Waals surface area (Å²) in [6, 6.07) is 21.1. The maximum atomic E-state index is 13.6. The number of thioether (sulfide) groups is 1. The molecule has 0 aliphatic carbocycles. The first-order valence-electron chi connectivity index (χ1n) is 13.5. The Morgan fingerprint density at radius 3 is 2.52 bits per heavy atom. The molecule has 1 aliphatic rings. The minimum absolute atomic E-state index is 0.00579. The van der Waals surface area contributed by atoms with Crippen molar-refractivity contribution in [3.8, 4) is 5.75 Å². The second kappa shape index (κ2) is 13.1. The van der Waals surface area contributed by atoms with Crippen molar-refractivity contribution in [1.82, 2.24) is 10.2 Å². The Kier molecular flexibility index (Phi) is 9.30. The van der Waals surface area contributed by atoms with Crippen LogP contribution in [0.3, 0.4) is 0 Å². The van der Waals surface area contributed by atoms with Crippen LogP contribution in [0.25, 0.3) is 5.76 Å². The van der Waals surface area contributed by atoms with E-state index in [0.717, 1.165) is 17.5 Å². The smallest absolute Gasteiger partial charge is 0.301 e. The molecule has 1 aliphatic heterocycles. The van der Waals surface area contributed by atoms with Crippen molar-refractivity contribution in [2.24, 2.45) is 5.92 Å². The average molecular weight is 620 g/mol. The molecule has 42 heavy (non-hydrogen) atoms. The molecule has 4 aromatic rings. The molecule has 1 unspecified atom stereocenters. The van der Waals surface area contributed by atoms with E-state index in [4.69, 9.17) is 16.3 Å². The molecule has 0 saturated carbocycles. The number of Topliss-reactive ketones (excluding diaryl/α,β-unsaturated/α-hetero) is 1. The van der Waals surface area contributed by atoms with Gasteiger partial charge in [0, 0.05) is 16.3 Å². The summed E-state index contributed by atoms with van der Waals surface area (Å²) < 4.78 is 6.63. The van der Waals surface area contributed by atoms with Crippen LogP contribution in [-0.2, 0) is 15.3 Å². The first kappa shape index (κ1) is 29.8. The zero-order valence-corrected chi connectivity index (χ0v) is 25.8. The number of hydrogen-bond donors (Lipinski definition) is 1. The molecule has 1 atom stereocenters. The van der Waals surface area contributed by atoms with Crippen molar-refractivity contribution < 1.29 is 19.4 Å². The van der Waals surface area contributed by atoms with Crippen LogP contribution in [0, 0.1) is 12.8 Å². The number of halogens is 1. The summed E-state index contributed by atoms with van der Waals surface area (Å²) >= 11 is 8.70. The van der Waals surface area contributed by atoms with Gasteiger partial charge in [-0.15, -0.1) is 10.2 Å². The summed E-state index contributed by atoms with van der Waals surface area (Å²) in [7, 11) is 0. The summed E-state index contributed by atoms with van der Waals surface area (Å²) in [5.74, 6) is -0.0599. The van der Waals surface area contributed by atoms with E-state index in [1.807, 2.05) is 67.6 Å². The maximum absolute atomic E-state index is 13.6. The number of aryl methyl sites for hydroxylation is 1. The van der Waals surface area contributed by atoms with Crippen molar-refractivity contribution in [2.75, 3.05) is 11.5 Å². The predicted molar refractivity (Wildman–Crippen MR) is 168 cm³/mol. The number of aliphatic hydroxyl groups excluding tert-OH is 1. The summed E-state index contributed by atoms with van der Waals surface area (Å²) in [5, 5.41) is 20.9. The number of ether oxygens (including phenoxy) is 1. The summed E-state index contributed by atoms with van der Waals surface area (Å²) in [4.78, 5) is 28.4. The van der Waals surface area contributed by atoms with Crippen LogP contribution in [0.4, 0.5) is 5.13 Å². The molecule has 10 heteroatoms. The minimum Gasteiger partial charge on any atom is -0.507 e. The lowest BCUT2D eigenvalue weighted by Gasteiger charge is -2.23. The number of rotatable bonds is 10. The number of ketones is 1. The third-order valence-corrected chi connectivity index (χ3v) is 9.16. The van der Waals surface area contributed by atoms with E-state index in [1.165, 1.54) is 28.0 Å². The van der Waals surface area contributed by atoms with Crippen LogP contribution >= 0.6 is 34.7 Å². The van der Waals surface area contributed by atoms with Crippen LogP contribution in [0.15, 0.2) is 82.7 Å². The van der Waals surface area contributed by atoms with E-state index in [2.05, 4.69) is 24.0 Å². The fourth-order valence-corrected chi connectivity index (χ4v) is 6.43. The number of amides is 1. The summed E-state index contributed by atoms with van der Waals surface area (Å²) in [6.45, 7) is 6.73. The Balaban J connectivity index is 1.52. The molecule has 1 fully saturated rings. The van der Waals surface area contributed by atoms with Gasteiger partial charge in [-0.2, -0.15) is 0 Å². The van der Waals surface area contributed by atoms with Gasteiger partial charge in [-0.3, -0.25) is 14.5 Å². The van der Waals surface area contributed by atoms with E-state index < -0.39 is 17.7 Å². The Labute approximate surface area is 258 Å². The van der Waals surface area contributed by atoms with E-state index in [0.29, 0.717) is 44.5 Å². The Morgan fingerprint density at radius 1 is 1.07 bits per heavy atom. The fourth-order valence-electron chi connectivity index (χ4n) is 4.48. The van der Waals surface area contributed by atoms with Crippen molar-refractivity contribution in [2.45, 2.75) is 43.3 Å². The van der Waals surface area contributed by atoms with E-state index in [9.17, 15) is 14.7 Å². The first-order chi connectivity index (χ1) is 20.2. The molecule has 1 aromatic heterocycles. The second-order valence-electron chi connectivity index (χ2n) is 10.4. The molecule has 216 valence electrons. The maximum Gasteiger partial charge on any atom is 0.301 e. The van der Waals surface area contributed by atoms with Crippen molar-refractivity contribution in [3.05, 3.63) is 106 Å². The molecular formula is C32H30ClN3O4S2. The third kappa shape index (κ3) is 6.69. The monoisotopic (exact) mass is 619 g/mol. The number of hydrogen-bond acceptors (Lipinski definition) is 8. The van der Waals surface area contributed by atoms with Crippen LogP contribution in [0.2, 0.25) is 5.02 Å². The second-order valence-corrected chi connectivity index (χ2v) is 13.0. The zero-order valence-electron chi connectivity index (χ0n) is 23.4. The highest BCUT2D eigenvalue weighted by molar-refractivity contribution is 8.00. The first-order valence-corrected chi connectivity index (χ1v) is 15.7. The lowest BCUT2D eigenvalue weighted by Crippen LogP contribution is -2.29. The van der Waals surface area contributed by atoms with Gasteiger partial charge in [0.25, 0.3) is 5.78 Å². The molecule has 0 bridgehead atoms. The molecule has 1 amide bonds. The van der Waals surface area contributed by atoms with Gasteiger partial charge in [0.1, 0.15) is 11.5 Å². The van der Waals surface area contributed by atoms with Gasteiger partial charge in [-0.1, -0.05) is 103 Å². The van der Waals surface area contributed by atoms with Crippen molar-refractivity contribution in [3.63, 3.8) is 0 Å². The number of carbonyl (C=O) groups is 2. The van der Waals surface area contributed by atoms with Gasteiger partial charge in [-0.05, 0) is 54.7 Å². The number of nitrogens with zero attached hydrogens (tertiary/aromatic N) is 3. The van der Waals surface area contributed by atoms with Crippen LogP contribution in [-0.4, -0.2) is 33.6 Å². The molecule has 0 spiro atoms. The molecule has 0 radical (unpaired) electrons. The molecule has 1 saturated heterocycles. The highest BCUT2D eigenvalue weighted by atomic mass is 35.5. The highest BCUT2D eigenvalue weighted by Gasteiger charge is 2.48. The predicted octanol–water partition coefficient (Wildman–Crippen LogP) is 7.84. The Morgan fingerprint density at radius 2 is 1.81 bits per heavy atom. The molecule has 7 nitrogen and oxygen atoms in total. The van der Waals surface area contributed by atoms with E-state index in [-0.39, 0.29) is 16.5 Å².